The van der Waals surface area contributed by atoms with Crippen molar-refractivity contribution in [2.45, 2.75) is 39.2 Å². The van der Waals surface area contributed by atoms with E-state index in [0.29, 0.717) is 16.9 Å². The monoisotopic (exact) mass is 269 g/mol. The largest absolute Gasteiger partial charge is 0.314 e. The highest BCUT2D eigenvalue weighted by molar-refractivity contribution is 6.30. The molecule has 1 nitrogen and oxygen atoms in total. The van der Waals surface area contributed by atoms with Crippen LogP contribution in [0.4, 0.5) is 4.39 Å². The topological polar surface area (TPSA) is 12.0 Å². The highest BCUT2D eigenvalue weighted by atomic mass is 35.5. The lowest BCUT2D eigenvalue weighted by Gasteiger charge is -2.20. The van der Waals surface area contributed by atoms with Crippen molar-refractivity contribution in [1.82, 2.24) is 5.32 Å². The van der Waals surface area contributed by atoms with Gasteiger partial charge in [0.1, 0.15) is 5.82 Å². The molecule has 2 atom stereocenters. The summed E-state index contributed by atoms with van der Waals surface area (Å²) in [6, 6.07) is 5.71. The van der Waals surface area contributed by atoms with Crippen LogP contribution >= 0.6 is 11.6 Å². The van der Waals surface area contributed by atoms with Gasteiger partial charge in [-0.3, -0.25) is 0 Å². The Labute approximate surface area is 114 Å². The van der Waals surface area contributed by atoms with Crippen LogP contribution in [-0.4, -0.2) is 12.6 Å². The second-order valence-electron chi connectivity index (χ2n) is 5.58. The Kier molecular flexibility index (Phi) is 4.63. The van der Waals surface area contributed by atoms with Crippen LogP contribution in [0, 0.1) is 17.7 Å². The summed E-state index contributed by atoms with van der Waals surface area (Å²) in [7, 11) is 0. The van der Waals surface area contributed by atoms with Crippen molar-refractivity contribution in [2.75, 3.05) is 6.54 Å². The standard InChI is InChI=1S/C15H21ClFN/c1-10(11(2)9-18-14-5-6-14)7-12-3-4-13(16)8-15(12)17/h3-4,8,10-11,14,18H,5-7,9H2,1-2H3. The van der Waals surface area contributed by atoms with E-state index in [9.17, 15) is 4.39 Å². The molecule has 18 heavy (non-hydrogen) atoms. The van der Waals surface area contributed by atoms with Crippen LogP contribution in [0.5, 0.6) is 0 Å². The fourth-order valence-electron chi connectivity index (χ4n) is 2.08. The lowest BCUT2D eigenvalue weighted by atomic mass is 9.89. The summed E-state index contributed by atoms with van der Waals surface area (Å²) < 4.78 is 13.7. The number of hydrogen-bond acceptors (Lipinski definition) is 1. The lowest BCUT2D eigenvalue weighted by Crippen LogP contribution is -2.27. The van der Waals surface area contributed by atoms with Gasteiger partial charge in [-0.25, -0.2) is 4.39 Å². The molecule has 0 bridgehead atoms. The minimum absolute atomic E-state index is 0.184. The van der Waals surface area contributed by atoms with Crippen molar-refractivity contribution in [3.8, 4) is 0 Å². The van der Waals surface area contributed by atoms with Gasteiger partial charge >= 0.3 is 0 Å². The number of rotatable bonds is 6. The van der Waals surface area contributed by atoms with E-state index in [1.807, 2.05) is 0 Å². The quantitative estimate of drug-likeness (QED) is 0.822. The van der Waals surface area contributed by atoms with Crippen molar-refractivity contribution in [3.05, 3.63) is 34.6 Å². The average molecular weight is 270 g/mol. The second-order valence-corrected chi connectivity index (χ2v) is 6.01. The minimum Gasteiger partial charge on any atom is -0.314 e. The molecular formula is C15H21ClFN. The zero-order chi connectivity index (χ0) is 13.1. The third-order valence-electron chi connectivity index (χ3n) is 3.83. The Hall–Kier alpha value is -0.600. The maximum Gasteiger partial charge on any atom is 0.127 e. The molecule has 1 aromatic carbocycles. The SMILES string of the molecule is CC(CNC1CC1)C(C)Cc1ccc(Cl)cc1F. The van der Waals surface area contributed by atoms with E-state index < -0.39 is 0 Å². The van der Waals surface area contributed by atoms with Crippen LogP contribution in [0.3, 0.4) is 0 Å². The first-order chi connectivity index (χ1) is 8.56. The second kappa shape index (κ2) is 6.03. The summed E-state index contributed by atoms with van der Waals surface area (Å²) in [5.74, 6) is 0.837. The molecule has 0 aromatic heterocycles. The van der Waals surface area contributed by atoms with E-state index in [1.54, 1.807) is 12.1 Å². The smallest absolute Gasteiger partial charge is 0.127 e. The van der Waals surface area contributed by atoms with Crippen LogP contribution in [-0.2, 0) is 6.42 Å². The molecule has 1 fully saturated rings. The van der Waals surface area contributed by atoms with Gasteiger partial charge in [-0.05, 0) is 55.3 Å². The molecule has 3 heteroatoms. The predicted molar refractivity (Wildman–Crippen MR) is 74.5 cm³/mol. The zero-order valence-electron chi connectivity index (χ0n) is 11.0. The van der Waals surface area contributed by atoms with Gasteiger partial charge in [0, 0.05) is 11.1 Å². The van der Waals surface area contributed by atoms with Crippen LogP contribution in [0.15, 0.2) is 18.2 Å². The molecule has 1 aliphatic carbocycles. The van der Waals surface area contributed by atoms with E-state index in [4.69, 9.17) is 11.6 Å². The maximum absolute atomic E-state index is 13.7. The molecule has 2 rings (SSSR count). The van der Waals surface area contributed by atoms with E-state index in [2.05, 4.69) is 19.2 Å². The van der Waals surface area contributed by atoms with E-state index >= 15 is 0 Å². The van der Waals surface area contributed by atoms with Gasteiger partial charge in [-0.1, -0.05) is 31.5 Å². The summed E-state index contributed by atoms with van der Waals surface area (Å²) in [6.07, 6.45) is 3.40. The zero-order valence-corrected chi connectivity index (χ0v) is 11.8. The summed E-state index contributed by atoms with van der Waals surface area (Å²) >= 11 is 5.76. The molecule has 0 heterocycles. The van der Waals surface area contributed by atoms with Gasteiger partial charge in [0.15, 0.2) is 0 Å². The van der Waals surface area contributed by atoms with Gasteiger partial charge in [0.05, 0.1) is 0 Å². The predicted octanol–water partition coefficient (Wildman–Crippen LogP) is 4.05. The molecule has 100 valence electrons. The summed E-state index contributed by atoms with van der Waals surface area (Å²) in [5.41, 5.74) is 0.769. The summed E-state index contributed by atoms with van der Waals surface area (Å²) in [6.45, 7) is 5.45. The Morgan fingerprint density at radius 3 is 2.67 bits per heavy atom. The number of halogens is 2. The van der Waals surface area contributed by atoms with Crippen molar-refractivity contribution >= 4 is 11.6 Å². The molecule has 0 radical (unpaired) electrons. The minimum atomic E-state index is -0.184. The van der Waals surface area contributed by atoms with Gasteiger partial charge in [-0.2, -0.15) is 0 Å². The molecule has 2 unspecified atom stereocenters. The number of hydrogen-bond donors (Lipinski definition) is 1. The van der Waals surface area contributed by atoms with Crippen molar-refractivity contribution in [3.63, 3.8) is 0 Å². The van der Waals surface area contributed by atoms with Crippen molar-refractivity contribution < 1.29 is 4.39 Å². The molecular weight excluding hydrogens is 249 g/mol. The summed E-state index contributed by atoms with van der Waals surface area (Å²) in [5, 5.41) is 4.00. The first-order valence-electron chi connectivity index (χ1n) is 6.73. The van der Waals surface area contributed by atoms with Gasteiger partial charge in [0.2, 0.25) is 0 Å². The molecule has 1 saturated carbocycles. The highest BCUT2D eigenvalue weighted by Crippen LogP contribution is 2.23. The third kappa shape index (κ3) is 3.96. The summed E-state index contributed by atoms with van der Waals surface area (Å²) in [4.78, 5) is 0. The highest BCUT2D eigenvalue weighted by Gasteiger charge is 2.22. The van der Waals surface area contributed by atoms with Crippen molar-refractivity contribution in [2.24, 2.45) is 11.8 Å². The van der Waals surface area contributed by atoms with E-state index in [0.717, 1.165) is 24.6 Å². The Morgan fingerprint density at radius 2 is 2.06 bits per heavy atom. The Bertz CT molecular complexity index is 403. The Balaban J connectivity index is 1.86. The third-order valence-corrected chi connectivity index (χ3v) is 4.07. The number of nitrogens with one attached hydrogen (secondary N) is 1. The fourth-order valence-corrected chi connectivity index (χ4v) is 2.24. The molecule has 1 N–H and O–H groups in total. The fraction of sp³-hybridized carbons (Fsp3) is 0.600. The van der Waals surface area contributed by atoms with Gasteiger partial charge < -0.3 is 5.32 Å². The van der Waals surface area contributed by atoms with Crippen LogP contribution in [0.25, 0.3) is 0 Å². The van der Waals surface area contributed by atoms with Gasteiger partial charge in [0.25, 0.3) is 0 Å². The van der Waals surface area contributed by atoms with Crippen LogP contribution in [0.2, 0.25) is 5.02 Å². The van der Waals surface area contributed by atoms with Crippen LogP contribution < -0.4 is 5.32 Å². The molecule has 0 amide bonds. The maximum atomic E-state index is 13.7. The molecule has 0 saturated heterocycles. The first-order valence-corrected chi connectivity index (χ1v) is 7.11. The lowest BCUT2D eigenvalue weighted by molar-refractivity contribution is 0.360. The van der Waals surface area contributed by atoms with Gasteiger partial charge in [-0.15, -0.1) is 0 Å². The molecule has 1 aromatic rings. The Morgan fingerprint density at radius 1 is 1.33 bits per heavy atom. The van der Waals surface area contributed by atoms with E-state index in [1.165, 1.54) is 18.9 Å². The average Bonchev–Trinajstić information content (AvgIpc) is 3.13. The molecule has 1 aliphatic rings. The molecule has 0 aliphatic heterocycles. The number of benzene rings is 1. The van der Waals surface area contributed by atoms with E-state index in [-0.39, 0.29) is 5.82 Å². The first kappa shape index (κ1) is 13.8. The normalized spacial score (nSPS) is 18.7. The van der Waals surface area contributed by atoms with Crippen molar-refractivity contribution in [1.29, 1.82) is 0 Å². The van der Waals surface area contributed by atoms with Crippen LogP contribution in [0.1, 0.15) is 32.3 Å². The molecule has 0 spiro atoms.